The van der Waals surface area contributed by atoms with Gasteiger partial charge in [-0.05, 0) is 32.0 Å². The van der Waals surface area contributed by atoms with Gasteiger partial charge in [-0.3, -0.25) is 4.79 Å². The Kier molecular flexibility index (Phi) is 4.97. The van der Waals surface area contributed by atoms with Crippen LogP contribution in [-0.2, 0) is 11.2 Å². The number of aliphatic carboxylic acids is 1. The molecule has 4 heteroatoms. The van der Waals surface area contributed by atoms with E-state index < -0.39 is 5.97 Å². The topological polar surface area (TPSA) is 66.6 Å². The lowest BCUT2D eigenvalue weighted by Crippen LogP contribution is -2.32. The van der Waals surface area contributed by atoms with Crippen LogP contribution < -0.4 is 5.73 Å². The molecule has 0 heterocycles. The number of nitrogens with zero attached hydrogens (tertiary/aromatic N) is 1. The number of carbonyl (C=O) groups is 1. The van der Waals surface area contributed by atoms with E-state index in [9.17, 15) is 4.79 Å². The largest absolute Gasteiger partial charge is 0.481 e. The zero-order chi connectivity index (χ0) is 12.8. The monoisotopic (exact) mass is 236 g/mol. The van der Waals surface area contributed by atoms with E-state index in [1.165, 1.54) is 0 Å². The lowest BCUT2D eigenvalue weighted by Gasteiger charge is -2.24. The van der Waals surface area contributed by atoms with Gasteiger partial charge in [0, 0.05) is 18.3 Å². The number of para-hydroxylation sites is 1. The van der Waals surface area contributed by atoms with E-state index in [4.69, 9.17) is 10.8 Å². The van der Waals surface area contributed by atoms with Crippen LogP contribution in [0.3, 0.4) is 0 Å². The van der Waals surface area contributed by atoms with E-state index in [2.05, 4.69) is 6.92 Å². The second kappa shape index (κ2) is 6.25. The quantitative estimate of drug-likeness (QED) is 0.736. The molecule has 94 valence electrons. The van der Waals surface area contributed by atoms with E-state index in [1.807, 2.05) is 36.2 Å². The molecule has 17 heavy (non-hydrogen) atoms. The summed E-state index contributed by atoms with van der Waals surface area (Å²) in [5, 5.41) is 8.63. The fourth-order valence-corrected chi connectivity index (χ4v) is 1.69. The number of nitrogens with two attached hydrogens (primary N) is 1. The van der Waals surface area contributed by atoms with Crippen molar-refractivity contribution in [3.8, 4) is 0 Å². The van der Waals surface area contributed by atoms with Crippen molar-refractivity contribution in [1.82, 2.24) is 4.90 Å². The fourth-order valence-electron chi connectivity index (χ4n) is 1.69. The molecule has 0 aliphatic heterocycles. The van der Waals surface area contributed by atoms with Crippen LogP contribution in [0.2, 0.25) is 0 Å². The number of rotatable bonds is 6. The van der Waals surface area contributed by atoms with Crippen LogP contribution in [0.4, 0.5) is 5.69 Å². The molecule has 0 radical (unpaired) electrons. The lowest BCUT2D eigenvalue weighted by molar-refractivity contribution is -0.137. The maximum absolute atomic E-state index is 10.5. The maximum Gasteiger partial charge on any atom is 0.304 e. The number of likely N-dealkylation sites (N-methyl/N-ethyl adjacent to an activating group) is 1. The number of anilines is 1. The standard InChI is InChI=1S/C13H20N2O2/c1-10(15(2)8-7-13(16)17)9-11-5-3-4-6-12(11)14/h3-6,10H,7-9,14H2,1-2H3,(H,16,17). The molecule has 1 aromatic rings. The van der Waals surface area contributed by atoms with Gasteiger partial charge in [-0.25, -0.2) is 0 Å². The Morgan fingerprint density at radius 3 is 2.71 bits per heavy atom. The normalized spacial score (nSPS) is 12.6. The van der Waals surface area contributed by atoms with Crippen LogP contribution in [-0.4, -0.2) is 35.6 Å². The van der Waals surface area contributed by atoms with Crippen LogP contribution in [0.25, 0.3) is 0 Å². The molecule has 3 N–H and O–H groups in total. The average Bonchev–Trinajstić information content (AvgIpc) is 2.28. The predicted octanol–water partition coefficient (Wildman–Crippen LogP) is 1.61. The first-order valence-electron chi connectivity index (χ1n) is 5.76. The molecule has 1 atom stereocenters. The Morgan fingerprint density at radius 1 is 1.47 bits per heavy atom. The molecule has 1 aromatic carbocycles. The maximum atomic E-state index is 10.5. The third-order valence-electron chi connectivity index (χ3n) is 3.00. The van der Waals surface area contributed by atoms with Gasteiger partial charge in [-0.15, -0.1) is 0 Å². The SMILES string of the molecule is CC(Cc1ccccc1N)N(C)CCC(=O)O. The van der Waals surface area contributed by atoms with Gasteiger partial charge in [0.1, 0.15) is 0 Å². The fraction of sp³-hybridized carbons (Fsp3) is 0.462. The van der Waals surface area contributed by atoms with Gasteiger partial charge in [0.15, 0.2) is 0 Å². The molecule has 0 aromatic heterocycles. The second-order valence-electron chi connectivity index (χ2n) is 4.38. The minimum absolute atomic E-state index is 0.172. The van der Waals surface area contributed by atoms with Crippen LogP contribution >= 0.6 is 0 Å². The summed E-state index contributed by atoms with van der Waals surface area (Å²) in [5.74, 6) is -0.761. The van der Waals surface area contributed by atoms with Gasteiger partial charge >= 0.3 is 5.97 Å². The summed E-state index contributed by atoms with van der Waals surface area (Å²) < 4.78 is 0. The molecule has 1 unspecified atom stereocenters. The Labute approximate surface area is 102 Å². The molecular weight excluding hydrogens is 216 g/mol. The molecule has 0 amide bonds. The zero-order valence-electron chi connectivity index (χ0n) is 10.4. The highest BCUT2D eigenvalue weighted by Crippen LogP contribution is 2.14. The van der Waals surface area contributed by atoms with Crippen molar-refractivity contribution in [1.29, 1.82) is 0 Å². The van der Waals surface area contributed by atoms with Crippen molar-refractivity contribution in [3.63, 3.8) is 0 Å². The molecule has 0 fully saturated rings. The molecule has 4 nitrogen and oxygen atoms in total. The summed E-state index contributed by atoms with van der Waals surface area (Å²) >= 11 is 0. The lowest BCUT2D eigenvalue weighted by atomic mass is 10.0. The predicted molar refractivity (Wildman–Crippen MR) is 68.9 cm³/mol. The Balaban J connectivity index is 2.51. The molecule has 0 aliphatic rings. The van der Waals surface area contributed by atoms with E-state index in [-0.39, 0.29) is 12.5 Å². The summed E-state index contributed by atoms with van der Waals surface area (Å²) in [6.45, 7) is 2.64. The first-order chi connectivity index (χ1) is 8.00. The number of benzene rings is 1. The van der Waals surface area contributed by atoms with Crippen molar-refractivity contribution in [2.45, 2.75) is 25.8 Å². The van der Waals surface area contributed by atoms with Crippen molar-refractivity contribution >= 4 is 11.7 Å². The summed E-state index contributed by atoms with van der Waals surface area (Å²) in [4.78, 5) is 12.5. The minimum atomic E-state index is -0.761. The first kappa shape index (κ1) is 13.5. The average molecular weight is 236 g/mol. The van der Waals surface area contributed by atoms with Gasteiger partial charge < -0.3 is 15.7 Å². The highest BCUT2D eigenvalue weighted by atomic mass is 16.4. The van der Waals surface area contributed by atoms with E-state index in [0.717, 1.165) is 17.7 Å². The van der Waals surface area contributed by atoms with Crippen LogP contribution in [0, 0.1) is 0 Å². The van der Waals surface area contributed by atoms with Crippen LogP contribution in [0.15, 0.2) is 24.3 Å². The Morgan fingerprint density at radius 2 is 2.12 bits per heavy atom. The van der Waals surface area contributed by atoms with E-state index in [0.29, 0.717) is 6.54 Å². The number of nitrogen functional groups attached to an aromatic ring is 1. The molecule has 0 bridgehead atoms. The van der Waals surface area contributed by atoms with E-state index >= 15 is 0 Å². The van der Waals surface area contributed by atoms with Gasteiger partial charge in [-0.2, -0.15) is 0 Å². The Bertz CT molecular complexity index is 379. The number of hydrogen-bond donors (Lipinski definition) is 2. The molecule has 1 rings (SSSR count). The summed E-state index contributed by atoms with van der Waals surface area (Å²) in [6, 6.07) is 8.06. The summed E-state index contributed by atoms with van der Waals surface area (Å²) in [5.41, 5.74) is 7.79. The van der Waals surface area contributed by atoms with Crippen LogP contribution in [0.1, 0.15) is 18.9 Å². The van der Waals surface area contributed by atoms with Crippen LogP contribution in [0.5, 0.6) is 0 Å². The molecule has 0 saturated carbocycles. The summed E-state index contributed by atoms with van der Waals surface area (Å²) in [7, 11) is 1.94. The van der Waals surface area contributed by atoms with Crippen molar-refractivity contribution in [3.05, 3.63) is 29.8 Å². The Hall–Kier alpha value is -1.55. The first-order valence-corrected chi connectivity index (χ1v) is 5.76. The third kappa shape index (κ3) is 4.44. The number of hydrogen-bond acceptors (Lipinski definition) is 3. The highest BCUT2D eigenvalue weighted by Gasteiger charge is 2.12. The smallest absolute Gasteiger partial charge is 0.304 e. The number of carboxylic acids is 1. The highest BCUT2D eigenvalue weighted by molar-refractivity contribution is 5.66. The van der Waals surface area contributed by atoms with Gasteiger partial charge in [0.2, 0.25) is 0 Å². The molecular formula is C13H20N2O2. The van der Waals surface area contributed by atoms with E-state index in [1.54, 1.807) is 0 Å². The van der Waals surface area contributed by atoms with Crippen molar-refractivity contribution < 1.29 is 9.90 Å². The second-order valence-corrected chi connectivity index (χ2v) is 4.38. The molecule has 0 spiro atoms. The molecule has 0 aliphatic carbocycles. The summed E-state index contributed by atoms with van der Waals surface area (Å²) in [6.07, 6.45) is 1.01. The van der Waals surface area contributed by atoms with Gasteiger partial charge in [0.05, 0.1) is 6.42 Å². The number of carboxylic acid groups (broad SMARTS) is 1. The van der Waals surface area contributed by atoms with Crippen molar-refractivity contribution in [2.24, 2.45) is 0 Å². The van der Waals surface area contributed by atoms with Gasteiger partial charge in [0.25, 0.3) is 0 Å². The zero-order valence-corrected chi connectivity index (χ0v) is 10.4. The third-order valence-corrected chi connectivity index (χ3v) is 3.00. The van der Waals surface area contributed by atoms with Crippen molar-refractivity contribution in [2.75, 3.05) is 19.3 Å². The van der Waals surface area contributed by atoms with Gasteiger partial charge in [-0.1, -0.05) is 18.2 Å². The minimum Gasteiger partial charge on any atom is -0.481 e. The molecule has 0 saturated heterocycles.